The molecule has 3 N–H and O–H groups in total. The zero-order chi connectivity index (χ0) is 21.6. The molecule has 1 amide bonds. The number of carbonyl (C=O) groups excluding carboxylic acids is 1. The molecule has 0 bridgehead atoms. The summed E-state index contributed by atoms with van der Waals surface area (Å²) in [4.78, 5) is 24.9. The van der Waals surface area contributed by atoms with Crippen molar-refractivity contribution in [2.75, 3.05) is 16.0 Å². The average Bonchev–Trinajstić information content (AvgIpc) is 2.75. The highest BCUT2D eigenvalue weighted by Gasteiger charge is 2.07. The van der Waals surface area contributed by atoms with Gasteiger partial charge in [0.05, 0.1) is 0 Å². The van der Waals surface area contributed by atoms with Gasteiger partial charge in [0.25, 0.3) is 5.91 Å². The molecule has 154 valence electrons. The summed E-state index contributed by atoms with van der Waals surface area (Å²) in [6.07, 6.45) is 3.18. The predicted octanol–water partition coefficient (Wildman–Crippen LogP) is 5.06. The molecule has 2 aromatic carbocycles. The van der Waals surface area contributed by atoms with Crippen molar-refractivity contribution >= 4 is 34.7 Å². The van der Waals surface area contributed by atoms with Crippen LogP contribution in [0.15, 0.2) is 79.3 Å². The molecule has 4 aromatic rings. The van der Waals surface area contributed by atoms with Crippen molar-refractivity contribution in [3.05, 3.63) is 96.2 Å². The molecule has 4 rings (SSSR count). The maximum atomic E-state index is 13.3. The number of benzene rings is 2. The molecule has 8 heteroatoms. The number of anilines is 5. The van der Waals surface area contributed by atoms with E-state index in [1.165, 1.54) is 24.5 Å². The molecule has 2 heterocycles. The van der Waals surface area contributed by atoms with Gasteiger partial charge in [-0.05, 0) is 67.1 Å². The zero-order valence-corrected chi connectivity index (χ0v) is 16.6. The van der Waals surface area contributed by atoms with Gasteiger partial charge in [0.2, 0.25) is 0 Å². The summed E-state index contributed by atoms with van der Waals surface area (Å²) in [6, 6.07) is 18.3. The number of halogens is 1. The normalized spacial score (nSPS) is 10.4. The van der Waals surface area contributed by atoms with Gasteiger partial charge in [0, 0.05) is 29.2 Å². The highest BCUT2D eigenvalue weighted by Crippen LogP contribution is 2.21. The van der Waals surface area contributed by atoms with Crippen LogP contribution in [-0.2, 0) is 0 Å². The SMILES string of the molecule is Cc1ccnc(Nc2cc(Nc3ccc(NC(=O)c4cccc(F)c4)cc3)ncn2)c1. The van der Waals surface area contributed by atoms with Gasteiger partial charge >= 0.3 is 0 Å². The lowest BCUT2D eigenvalue weighted by Gasteiger charge is -2.10. The summed E-state index contributed by atoms with van der Waals surface area (Å²) in [6.45, 7) is 1.99. The molecule has 0 unspecified atom stereocenters. The molecule has 0 radical (unpaired) electrons. The number of carbonyl (C=O) groups is 1. The van der Waals surface area contributed by atoms with E-state index >= 15 is 0 Å². The van der Waals surface area contributed by atoms with Crippen LogP contribution >= 0.6 is 0 Å². The second-order valence-electron chi connectivity index (χ2n) is 6.80. The first-order chi connectivity index (χ1) is 15.0. The molecule has 7 nitrogen and oxygen atoms in total. The number of hydrogen-bond donors (Lipinski definition) is 3. The van der Waals surface area contributed by atoms with Gasteiger partial charge in [0.15, 0.2) is 0 Å². The van der Waals surface area contributed by atoms with Crippen LogP contribution in [-0.4, -0.2) is 20.9 Å². The Kier molecular flexibility index (Phi) is 5.79. The lowest BCUT2D eigenvalue weighted by Crippen LogP contribution is -2.11. The molecule has 0 aliphatic carbocycles. The van der Waals surface area contributed by atoms with E-state index in [0.29, 0.717) is 23.1 Å². The van der Waals surface area contributed by atoms with Gasteiger partial charge in [-0.15, -0.1) is 0 Å². The first-order valence-corrected chi connectivity index (χ1v) is 9.51. The highest BCUT2D eigenvalue weighted by atomic mass is 19.1. The smallest absolute Gasteiger partial charge is 0.255 e. The standard InChI is InChI=1S/C23H19FN6O/c1-15-9-10-25-20(11-15)30-22-13-21(26-14-27-22)28-18-5-7-19(8-6-18)29-23(31)16-3-2-4-17(24)12-16/h2-14H,1H3,(H,29,31)(H2,25,26,27,28,30). The van der Waals surface area contributed by atoms with Gasteiger partial charge < -0.3 is 16.0 Å². The van der Waals surface area contributed by atoms with Gasteiger partial charge in [0.1, 0.15) is 29.6 Å². The van der Waals surface area contributed by atoms with Crippen molar-refractivity contribution in [3.8, 4) is 0 Å². The van der Waals surface area contributed by atoms with E-state index in [2.05, 4.69) is 30.9 Å². The third-order valence-electron chi connectivity index (χ3n) is 4.34. The minimum Gasteiger partial charge on any atom is -0.340 e. The minimum atomic E-state index is -0.455. The van der Waals surface area contributed by atoms with Crippen LogP contribution in [0.5, 0.6) is 0 Å². The fourth-order valence-electron chi connectivity index (χ4n) is 2.85. The van der Waals surface area contributed by atoms with Crippen molar-refractivity contribution in [1.29, 1.82) is 0 Å². The molecular weight excluding hydrogens is 395 g/mol. The minimum absolute atomic E-state index is 0.256. The molecule has 31 heavy (non-hydrogen) atoms. The Hall–Kier alpha value is -4.33. The Balaban J connectivity index is 1.40. The van der Waals surface area contributed by atoms with Gasteiger partial charge in [-0.25, -0.2) is 19.3 Å². The molecule has 0 spiro atoms. The maximum absolute atomic E-state index is 13.3. The Morgan fingerprint density at radius 2 is 1.52 bits per heavy atom. The van der Waals surface area contributed by atoms with Crippen molar-refractivity contribution in [3.63, 3.8) is 0 Å². The van der Waals surface area contributed by atoms with Crippen molar-refractivity contribution in [2.24, 2.45) is 0 Å². The number of pyridine rings is 1. The van der Waals surface area contributed by atoms with Crippen molar-refractivity contribution in [1.82, 2.24) is 15.0 Å². The van der Waals surface area contributed by atoms with E-state index < -0.39 is 5.82 Å². The second-order valence-corrected chi connectivity index (χ2v) is 6.80. The average molecular weight is 414 g/mol. The number of aryl methyl sites for hydroxylation is 1. The number of amides is 1. The number of nitrogens with zero attached hydrogens (tertiary/aromatic N) is 3. The molecule has 0 saturated carbocycles. The summed E-state index contributed by atoms with van der Waals surface area (Å²) < 4.78 is 13.3. The number of nitrogens with one attached hydrogen (secondary N) is 3. The summed E-state index contributed by atoms with van der Waals surface area (Å²) in [5, 5.41) is 9.07. The molecule has 2 aromatic heterocycles. The number of rotatable bonds is 6. The maximum Gasteiger partial charge on any atom is 0.255 e. The molecule has 0 atom stereocenters. The number of hydrogen-bond acceptors (Lipinski definition) is 6. The Morgan fingerprint density at radius 1 is 0.806 bits per heavy atom. The topological polar surface area (TPSA) is 91.8 Å². The molecular formula is C23H19FN6O. The van der Waals surface area contributed by atoms with Crippen LogP contribution in [0.4, 0.5) is 33.2 Å². The van der Waals surface area contributed by atoms with Crippen LogP contribution in [0.2, 0.25) is 0 Å². The third kappa shape index (κ3) is 5.39. The van der Waals surface area contributed by atoms with Gasteiger partial charge in [-0.1, -0.05) is 6.07 Å². The van der Waals surface area contributed by atoms with Crippen LogP contribution in [0.3, 0.4) is 0 Å². The van der Waals surface area contributed by atoms with Crippen LogP contribution < -0.4 is 16.0 Å². The molecule has 0 fully saturated rings. The zero-order valence-electron chi connectivity index (χ0n) is 16.6. The quantitative estimate of drug-likeness (QED) is 0.409. The van der Waals surface area contributed by atoms with Crippen LogP contribution in [0.1, 0.15) is 15.9 Å². The summed E-state index contributed by atoms with van der Waals surface area (Å²) >= 11 is 0. The van der Waals surface area contributed by atoms with E-state index in [4.69, 9.17) is 0 Å². The first-order valence-electron chi connectivity index (χ1n) is 9.51. The molecule has 0 aliphatic rings. The monoisotopic (exact) mass is 414 g/mol. The fourth-order valence-corrected chi connectivity index (χ4v) is 2.85. The van der Waals surface area contributed by atoms with E-state index in [9.17, 15) is 9.18 Å². The Labute approximate surface area is 178 Å². The summed E-state index contributed by atoms with van der Waals surface area (Å²) in [7, 11) is 0. The summed E-state index contributed by atoms with van der Waals surface area (Å²) in [5.41, 5.74) is 2.72. The Bertz CT molecular complexity index is 1210. The molecule has 0 aliphatic heterocycles. The third-order valence-corrected chi connectivity index (χ3v) is 4.34. The van der Waals surface area contributed by atoms with Gasteiger partial charge in [-0.2, -0.15) is 0 Å². The lowest BCUT2D eigenvalue weighted by atomic mass is 10.2. The molecule has 0 saturated heterocycles. The van der Waals surface area contributed by atoms with Crippen molar-refractivity contribution in [2.45, 2.75) is 6.92 Å². The first kappa shape index (κ1) is 20.0. The largest absolute Gasteiger partial charge is 0.340 e. The van der Waals surface area contributed by atoms with E-state index in [1.807, 2.05) is 19.1 Å². The van der Waals surface area contributed by atoms with Gasteiger partial charge in [-0.3, -0.25) is 4.79 Å². The van der Waals surface area contributed by atoms with E-state index in [-0.39, 0.29) is 11.5 Å². The van der Waals surface area contributed by atoms with E-state index in [1.54, 1.807) is 42.6 Å². The van der Waals surface area contributed by atoms with Crippen molar-refractivity contribution < 1.29 is 9.18 Å². The Morgan fingerprint density at radius 3 is 2.26 bits per heavy atom. The van der Waals surface area contributed by atoms with E-state index in [0.717, 1.165) is 11.3 Å². The predicted molar refractivity (Wildman–Crippen MR) is 118 cm³/mol. The van der Waals surface area contributed by atoms with Crippen LogP contribution in [0, 0.1) is 12.7 Å². The highest BCUT2D eigenvalue weighted by molar-refractivity contribution is 6.04. The fraction of sp³-hybridized carbons (Fsp3) is 0.0435. The summed E-state index contributed by atoms with van der Waals surface area (Å²) in [5.74, 6) is 1.07. The number of aromatic nitrogens is 3. The lowest BCUT2D eigenvalue weighted by molar-refractivity contribution is 0.102. The second kappa shape index (κ2) is 9.00. The van der Waals surface area contributed by atoms with Crippen LogP contribution in [0.25, 0.3) is 0 Å².